The van der Waals surface area contributed by atoms with Gasteiger partial charge < -0.3 is 15.5 Å². The molecule has 0 atom stereocenters. The van der Waals surface area contributed by atoms with Crippen LogP contribution in [-0.4, -0.2) is 42.6 Å². The van der Waals surface area contributed by atoms with E-state index in [0.717, 1.165) is 49.0 Å². The van der Waals surface area contributed by atoms with Crippen LogP contribution in [-0.2, 0) is 11.2 Å². The molecule has 0 bridgehead atoms. The van der Waals surface area contributed by atoms with Crippen molar-refractivity contribution in [1.29, 1.82) is 0 Å². The lowest BCUT2D eigenvalue weighted by Crippen LogP contribution is -2.34. The molecule has 1 aromatic rings. The summed E-state index contributed by atoms with van der Waals surface area (Å²) in [6.07, 6.45) is 1.72. The van der Waals surface area contributed by atoms with Crippen molar-refractivity contribution in [2.75, 3.05) is 36.9 Å². The molecule has 0 spiro atoms. The van der Waals surface area contributed by atoms with E-state index >= 15 is 0 Å². The highest BCUT2D eigenvalue weighted by Gasteiger charge is 2.20. The van der Waals surface area contributed by atoms with Gasteiger partial charge in [0.25, 0.3) is 0 Å². The zero-order valence-corrected chi connectivity index (χ0v) is 11.8. The van der Waals surface area contributed by atoms with Crippen LogP contribution in [0.4, 0.5) is 11.6 Å². The van der Waals surface area contributed by atoms with Crippen molar-refractivity contribution in [1.82, 2.24) is 15.3 Å². The minimum atomic E-state index is 0.0552. The first-order valence-corrected chi connectivity index (χ1v) is 6.72. The van der Waals surface area contributed by atoms with Gasteiger partial charge in [0.15, 0.2) is 0 Å². The van der Waals surface area contributed by atoms with Gasteiger partial charge in [-0.2, -0.15) is 0 Å². The normalized spacial score (nSPS) is 15.9. The molecule has 2 N–H and O–H groups in total. The summed E-state index contributed by atoms with van der Waals surface area (Å²) >= 11 is 0. The maximum Gasteiger partial charge on any atom is 0.239 e. The first-order chi connectivity index (χ1) is 9.15. The molecule has 0 aromatic carbocycles. The van der Waals surface area contributed by atoms with E-state index < -0.39 is 0 Å². The van der Waals surface area contributed by atoms with Crippen LogP contribution in [0.2, 0.25) is 0 Å². The number of aromatic nitrogens is 2. The summed E-state index contributed by atoms with van der Waals surface area (Å²) < 4.78 is 0. The minimum absolute atomic E-state index is 0.0552. The standard InChI is InChI=1S/C13H21N5O/c1-4-10-16-12(14-3)9(2)13(17-10)18-7-5-6-15-11(19)8-18/h4-8H2,1-3H3,(H,15,19)(H,14,16,17). The Morgan fingerprint density at radius 1 is 1.42 bits per heavy atom. The zero-order valence-electron chi connectivity index (χ0n) is 11.8. The van der Waals surface area contributed by atoms with E-state index in [4.69, 9.17) is 0 Å². The predicted octanol–water partition coefficient (Wildman–Crippen LogP) is 0.715. The van der Waals surface area contributed by atoms with Crippen LogP contribution in [0.25, 0.3) is 0 Å². The second-order valence-corrected chi connectivity index (χ2v) is 4.67. The molecule has 0 radical (unpaired) electrons. The third-order valence-electron chi connectivity index (χ3n) is 3.28. The molecular formula is C13H21N5O. The number of rotatable bonds is 3. The Morgan fingerprint density at radius 3 is 2.89 bits per heavy atom. The van der Waals surface area contributed by atoms with Gasteiger partial charge in [0.1, 0.15) is 17.5 Å². The Kier molecular flexibility index (Phi) is 4.19. The van der Waals surface area contributed by atoms with E-state index in [1.54, 1.807) is 0 Å². The molecule has 6 nitrogen and oxygen atoms in total. The second-order valence-electron chi connectivity index (χ2n) is 4.67. The summed E-state index contributed by atoms with van der Waals surface area (Å²) in [5.74, 6) is 2.56. The molecule has 1 amide bonds. The van der Waals surface area contributed by atoms with Gasteiger partial charge in [-0.25, -0.2) is 9.97 Å². The number of anilines is 2. The predicted molar refractivity (Wildman–Crippen MR) is 75.5 cm³/mol. The number of hydrogen-bond donors (Lipinski definition) is 2. The molecule has 0 saturated carbocycles. The number of nitrogens with one attached hydrogen (secondary N) is 2. The van der Waals surface area contributed by atoms with E-state index in [2.05, 4.69) is 20.6 Å². The number of aryl methyl sites for hydroxylation is 1. The Balaban J connectivity index is 2.38. The molecule has 1 aliphatic heterocycles. The molecule has 19 heavy (non-hydrogen) atoms. The van der Waals surface area contributed by atoms with Crippen LogP contribution in [0.3, 0.4) is 0 Å². The molecule has 104 valence electrons. The van der Waals surface area contributed by atoms with Crippen molar-refractivity contribution in [3.63, 3.8) is 0 Å². The smallest absolute Gasteiger partial charge is 0.239 e. The lowest BCUT2D eigenvalue weighted by Gasteiger charge is -2.23. The number of nitrogens with zero attached hydrogens (tertiary/aromatic N) is 3. The summed E-state index contributed by atoms with van der Waals surface area (Å²) in [5.41, 5.74) is 0.995. The average Bonchev–Trinajstić information content (AvgIpc) is 2.63. The largest absolute Gasteiger partial charge is 0.373 e. The molecule has 1 aromatic heterocycles. The first-order valence-electron chi connectivity index (χ1n) is 6.72. The Bertz CT molecular complexity index is 474. The fourth-order valence-electron chi connectivity index (χ4n) is 2.25. The molecule has 6 heteroatoms. The van der Waals surface area contributed by atoms with Crippen LogP contribution >= 0.6 is 0 Å². The maximum absolute atomic E-state index is 11.7. The van der Waals surface area contributed by atoms with Crippen LogP contribution in [0.15, 0.2) is 0 Å². The molecule has 1 aliphatic rings. The van der Waals surface area contributed by atoms with Gasteiger partial charge in [-0.1, -0.05) is 6.92 Å². The van der Waals surface area contributed by atoms with Crippen molar-refractivity contribution in [3.05, 3.63) is 11.4 Å². The second kappa shape index (κ2) is 5.86. The highest BCUT2D eigenvalue weighted by Crippen LogP contribution is 2.24. The molecule has 1 saturated heterocycles. The maximum atomic E-state index is 11.7. The number of amides is 1. The molecule has 0 unspecified atom stereocenters. The number of hydrogen-bond acceptors (Lipinski definition) is 5. The summed E-state index contributed by atoms with van der Waals surface area (Å²) in [6, 6.07) is 0. The van der Waals surface area contributed by atoms with E-state index in [1.165, 1.54) is 0 Å². The summed E-state index contributed by atoms with van der Waals surface area (Å²) in [5, 5.41) is 5.98. The fourth-order valence-corrected chi connectivity index (χ4v) is 2.25. The monoisotopic (exact) mass is 263 g/mol. The van der Waals surface area contributed by atoms with Crippen LogP contribution in [0.1, 0.15) is 24.7 Å². The van der Waals surface area contributed by atoms with Crippen LogP contribution in [0, 0.1) is 6.92 Å². The minimum Gasteiger partial charge on any atom is -0.373 e. The topological polar surface area (TPSA) is 70.2 Å². The Hall–Kier alpha value is -1.85. The van der Waals surface area contributed by atoms with Gasteiger partial charge in [0, 0.05) is 32.1 Å². The number of carbonyl (C=O) groups is 1. The molecule has 1 fully saturated rings. The third-order valence-corrected chi connectivity index (χ3v) is 3.28. The zero-order chi connectivity index (χ0) is 13.8. The summed E-state index contributed by atoms with van der Waals surface area (Å²) in [4.78, 5) is 22.8. The molecule has 2 rings (SSSR count). The molecule has 0 aliphatic carbocycles. The van der Waals surface area contributed by atoms with Crippen molar-refractivity contribution in [3.8, 4) is 0 Å². The van der Waals surface area contributed by atoms with E-state index in [9.17, 15) is 4.79 Å². The van der Waals surface area contributed by atoms with E-state index in [0.29, 0.717) is 6.54 Å². The third kappa shape index (κ3) is 2.94. The molecular weight excluding hydrogens is 242 g/mol. The highest BCUT2D eigenvalue weighted by molar-refractivity contribution is 5.82. The lowest BCUT2D eigenvalue weighted by atomic mass is 10.2. The average molecular weight is 263 g/mol. The van der Waals surface area contributed by atoms with Gasteiger partial charge in [0.2, 0.25) is 5.91 Å². The van der Waals surface area contributed by atoms with Gasteiger partial charge in [-0.3, -0.25) is 4.79 Å². The van der Waals surface area contributed by atoms with E-state index in [-0.39, 0.29) is 5.91 Å². The van der Waals surface area contributed by atoms with Gasteiger partial charge in [-0.05, 0) is 13.3 Å². The fraction of sp³-hybridized carbons (Fsp3) is 0.615. The SMILES string of the molecule is CCc1nc(NC)c(C)c(N2CCCNC(=O)C2)n1. The highest BCUT2D eigenvalue weighted by atomic mass is 16.2. The van der Waals surface area contributed by atoms with E-state index in [1.807, 2.05) is 25.8 Å². The summed E-state index contributed by atoms with van der Waals surface area (Å²) in [6.45, 7) is 5.96. The van der Waals surface area contributed by atoms with Gasteiger partial charge >= 0.3 is 0 Å². The van der Waals surface area contributed by atoms with Crippen molar-refractivity contribution in [2.24, 2.45) is 0 Å². The Labute approximate surface area is 113 Å². The Morgan fingerprint density at radius 2 is 2.21 bits per heavy atom. The van der Waals surface area contributed by atoms with Crippen molar-refractivity contribution >= 4 is 17.5 Å². The van der Waals surface area contributed by atoms with Crippen LogP contribution in [0.5, 0.6) is 0 Å². The van der Waals surface area contributed by atoms with Crippen LogP contribution < -0.4 is 15.5 Å². The summed E-state index contributed by atoms with van der Waals surface area (Å²) in [7, 11) is 1.85. The first kappa shape index (κ1) is 13.6. The van der Waals surface area contributed by atoms with Crippen molar-refractivity contribution in [2.45, 2.75) is 26.7 Å². The van der Waals surface area contributed by atoms with Gasteiger partial charge in [0.05, 0.1) is 6.54 Å². The quantitative estimate of drug-likeness (QED) is 0.840. The lowest BCUT2D eigenvalue weighted by molar-refractivity contribution is -0.119. The van der Waals surface area contributed by atoms with Crippen molar-refractivity contribution < 1.29 is 4.79 Å². The number of carbonyl (C=O) groups excluding carboxylic acids is 1. The van der Waals surface area contributed by atoms with Gasteiger partial charge in [-0.15, -0.1) is 0 Å². The molecule has 2 heterocycles.